The zero-order chi connectivity index (χ0) is 14.1. The molecule has 0 saturated heterocycles. The van der Waals surface area contributed by atoms with E-state index >= 15 is 0 Å². The van der Waals surface area contributed by atoms with Gasteiger partial charge in [-0.2, -0.15) is 0 Å². The van der Waals surface area contributed by atoms with Crippen LogP contribution in [0.15, 0.2) is 42.5 Å². The first kappa shape index (κ1) is 13.2. The summed E-state index contributed by atoms with van der Waals surface area (Å²) in [6.45, 7) is 4.30. The molecule has 2 unspecified atom stereocenters. The highest BCUT2D eigenvalue weighted by atomic mass is 16.5. The van der Waals surface area contributed by atoms with Crippen LogP contribution in [0.3, 0.4) is 0 Å². The number of aryl methyl sites for hydroxylation is 2. The second kappa shape index (κ2) is 5.29. The molecule has 104 valence electrons. The van der Waals surface area contributed by atoms with Crippen molar-refractivity contribution in [3.05, 3.63) is 64.7 Å². The normalized spacial score (nSPS) is 18.4. The number of para-hydroxylation sites is 1. The van der Waals surface area contributed by atoms with Crippen molar-refractivity contribution in [2.24, 2.45) is 5.73 Å². The lowest BCUT2D eigenvalue weighted by Gasteiger charge is -2.21. The van der Waals surface area contributed by atoms with Gasteiger partial charge in [0.15, 0.2) is 0 Å². The third-order valence-corrected chi connectivity index (χ3v) is 4.23. The predicted octanol–water partition coefficient (Wildman–Crippen LogP) is 3.18. The monoisotopic (exact) mass is 267 g/mol. The first-order valence-corrected chi connectivity index (χ1v) is 7.20. The molecule has 1 aliphatic rings. The SMILES string of the molecule is Cc1cccc(C)c1CC(N)C1Cc2ccccc2O1. The van der Waals surface area contributed by atoms with Gasteiger partial charge in [-0.3, -0.25) is 0 Å². The lowest BCUT2D eigenvalue weighted by atomic mass is 9.93. The number of benzene rings is 2. The minimum absolute atomic E-state index is 0.0298. The molecule has 0 aliphatic carbocycles. The lowest BCUT2D eigenvalue weighted by molar-refractivity contribution is 0.198. The van der Waals surface area contributed by atoms with Crippen LogP contribution in [-0.2, 0) is 12.8 Å². The van der Waals surface area contributed by atoms with Gasteiger partial charge in [-0.25, -0.2) is 0 Å². The molecule has 0 aromatic heterocycles. The first-order valence-electron chi connectivity index (χ1n) is 7.20. The molecular weight excluding hydrogens is 246 g/mol. The highest BCUT2D eigenvalue weighted by molar-refractivity contribution is 5.39. The number of hydrogen-bond acceptors (Lipinski definition) is 2. The Morgan fingerprint density at radius 3 is 2.50 bits per heavy atom. The van der Waals surface area contributed by atoms with Gasteiger partial charge >= 0.3 is 0 Å². The van der Waals surface area contributed by atoms with Gasteiger partial charge in [0.05, 0.1) is 0 Å². The van der Waals surface area contributed by atoms with Crippen LogP contribution in [0.4, 0.5) is 0 Å². The van der Waals surface area contributed by atoms with E-state index < -0.39 is 0 Å². The summed E-state index contributed by atoms with van der Waals surface area (Å²) in [5.41, 5.74) is 11.7. The van der Waals surface area contributed by atoms with E-state index in [-0.39, 0.29) is 12.1 Å². The van der Waals surface area contributed by atoms with Crippen LogP contribution >= 0.6 is 0 Å². The Kier molecular flexibility index (Phi) is 3.49. The summed E-state index contributed by atoms with van der Waals surface area (Å²) in [5.74, 6) is 0.995. The molecule has 2 atom stereocenters. The summed E-state index contributed by atoms with van der Waals surface area (Å²) in [4.78, 5) is 0. The Labute approximate surface area is 120 Å². The van der Waals surface area contributed by atoms with Crippen LogP contribution < -0.4 is 10.5 Å². The average molecular weight is 267 g/mol. The Balaban J connectivity index is 1.74. The first-order chi connectivity index (χ1) is 9.65. The van der Waals surface area contributed by atoms with Crippen molar-refractivity contribution in [3.8, 4) is 5.75 Å². The van der Waals surface area contributed by atoms with Gasteiger partial charge in [0.1, 0.15) is 11.9 Å². The molecule has 3 rings (SSSR count). The Morgan fingerprint density at radius 1 is 1.10 bits per heavy atom. The number of ether oxygens (including phenoxy) is 1. The summed E-state index contributed by atoms with van der Waals surface area (Å²) in [6, 6.07) is 14.7. The number of hydrogen-bond donors (Lipinski definition) is 1. The van der Waals surface area contributed by atoms with Crippen molar-refractivity contribution in [2.45, 2.75) is 38.8 Å². The molecule has 2 N–H and O–H groups in total. The minimum atomic E-state index is 0.0298. The van der Waals surface area contributed by atoms with E-state index in [1.165, 1.54) is 22.3 Å². The second-order valence-electron chi connectivity index (χ2n) is 5.71. The molecule has 2 aromatic carbocycles. The predicted molar refractivity (Wildman–Crippen MR) is 82.2 cm³/mol. The van der Waals surface area contributed by atoms with Gasteiger partial charge in [-0.05, 0) is 48.6 Å². The average Bonchev–Trinajstić information content (AvgIpc) is 2.87. The smallest absolute Gasteiger partial charge is 0.123 e. The molecule has 2 heteroatoms. The highest BCUT2D eigenvalue weighted by Crippen LogP contribution is 2.30. The lowest BCUT2D eigenvalue weighted by Crippen LogP contribution is -2.40. The summed E-state index contributed by atoms with van der Waals surface area (Å²) in [6.07, 6.45) is 1.88. The Morgan fingerprint density at radius 2 is 1.80 bits per heavy atom. The van der Waals surface area contributed by atoms with Gasteiger partial charge in [-0.15, -0.1) is 0 Å². The molecule has 20 heavy (non-hydrogen) atoms. The van der Waals surface area contributed by atoms with Crippen molar-refractivity contribution >= 4 is 0 Å². The van der Waals surface area contributed by atoms with Crippen molar-refractivity contribution in [1.82, 2.24) is 0 Å². The molecule has 1 aliphatic heterocycles. The maximum Gasteiger partial charge on any atom is 0.123 e. The van der Waals surface area contributed by atoms with Crippen LogP contribution in [0.1, 0.15) is 22.3 Å². The molecule has 2 aromatic rings. The molecule has 1 heterocycles. The topological polar surface area (TPSA) is 35.2 Å². The van der Waals surface area contributed by atoms with Crippen LogP contribution in [-0.4, -0.2) is 12.1 Å². The van der Waals surface area contributed by atoms with Gasteiger partial charge in [-0.1, -0.05) is 36.4 Å². The zero-order valence-corrected chi connectivity index (χ0v) is 12.1. The Hall–Kier alpha value is -1.80. The van der Waals surface area contributed by atoms with Gasteiger partial charge < -0.3 is 10.5 Å². The fourth-order valence-electron chi connectivity index (χ4n) is 2.99. The summed E-state index contributed by atoms with van der Waals surface area (Å²) < 4.78 is 6.00. The molecule has 0 fully saturated rings. The molecule has 0 bridgehead atoms. The van der Waals surface area contributed by atoms with Gasteiger partial charge in [0, 0.05) is 12.5 Å². The third kappa shape index (κ3) is 2.44. The maximum atomic E-state index is 6.40. The molecule has 0 spiro atoms. The van der Waals surface area contributed by atoms with Crippen molar-refractivity contribution in [2.75, 3.05) is 0 Å². The van der Waals surface area contributed by atoms with E-state index in [1.807, 2.05) is 12.1 Å². The summed E-state index contributed by atoms with van der Waals surface area (Å²) in [5, 5.41) is 0. The van der Waals surface area contributed by atoms with E-state index in [1.54, 1.807) is 0 Å². The second-order valence-corrected chi connectivity index (χ2v) is 5.71. The van der Waals surface area contributed by atoms with E-state index in [0.717, 1.165) is 18.6 Å². The van der Waals surface area contributed by atoms with Crippen molar-refractivity contribution in [1.29, 1.82) is 0 Å². The molecule has 2 nitrogen and oxygen atoms in total. The number of fused-ring (bicyclic) bond motifs is 1. The molecule has 0 saturated carbocycles. The summed E-state index contributed by atoms with van der Waals surface area (Å²) in [7, 11) is 0. The molecule has 0 amide bonds. The summed E-state index contributed by atoms with van der Waals surface area (Å²) >= 11 is 0. The van der Waals surface area contributed by atoms with Gasteiger partial charge in [0.2, 0.25) is 0 Å². The largest absolute Gasteiger partial charge is 0.488 e. The van der Waals surface area contributed by atoms with Crippen molar-refractivity contribution < 1.29 is 4.74 Å². The maximum absolute atomic E-state index is 6.40. The van der Waals surface area contributed by atoms with E-state index in [4.69, 9.17) is 10.5 Å². The van der Waals surface area contributed by atoms with Crippen molar-refractivity contribution in [3.63, 3.8) is 0 Å². The fourth-order valence-corrected chi connectivity index (χ4v) is 2.99. The third-order valence-electron chi connectivity index (χ3n) is 4.23. The van der Waals surface area contributed by atoms with Crippen LogP contribution in [0.5, 0.6) is 5.75 Å². The van der Waals surface area contributed by atoms with E-state index in [9.17, 15) is 0 Å². The number of rotatable bonds is 3. The van der Waals surface area contributed by atoms with E-state index in [0.29, 0.717) is 0 Å². The molecular formula is C18H21NO. The standard InChI is InChI=1S/C18H21NO/c1-12-6-5-7-13(2)15(12)11-16(19)18-10-14-8-3-4-9-17(14)20-18/h3-9,16,18H,10-11,19H2,1-2H3. The quantitative estimate of drug-likeness (QED) is 0.927. The fraction of sp³-hybridized carbons (Fsp3) is 0.333. The minimum Gasteiger partial charge on any atom is -0.488 e. The van der Waals surface area contributed by atoms with Crippen LogP contribution in [0.2, 0.25) is 0 Å². The highest BCUT2D eigenvalue weighted by Gasteiger charge is 2.28. The van der Waals surface area contributed by atoms with Crippen LogP contribution in [0, 0.1) is 13.8 Å². The molecule has 0 radical (unpaired) electrons. The van der Waals surface area contributed by atoms with Gasteiger partial charge in [0.25, 0.3) is 0 Å². The number of nitrogens with two attached hydrogens (primary N) is 1. The Bertz CT molecular complexity index is 575. The zero-order valence-electron chi connectivity index (χ0n) is 12.1. The van der Waals surface area contributed by atoms with Crippen LogP contribution in [0.25, 0.3) is 0 Å². The van der Waals surface area contributed by atoms with E-state index in [2.05, 4.69) is 44.2 Å².